The van der Waals surface area contributed by atoms with E-state index in [9.17, 15) is 0 Å². The van der Waals surface area contributed by atoms with Crippen LogP contribution in [0.15, 0.2) is 0 Å². The molecule has 2 heterocycles. The van der Waals surface area contributed by atoms with E-state index in [-0.39, 0.29) is 48.9 Å². The minimum absolute atomic E-state index is 0. The second-order valence-corrected chi connectivity index (χ2v) is 8.89. The van der Waals surface area contributed by atoms with Crippen molar-refractivity contribution < 1.29 is 9.47 Å². The van der Waals surface area contributed by atoms with Crippen LogP contribution in [0.2, 0.25) is 0 Å². The van der Waals surface area contributed by atoms with E-state index in [1.54, 1.807) is 0 Å². The van der Waals surface area contributed by atoms with E-state index in [1.807, 2.05) is 0 Å². The van der Waals surface area contributed by atoms with Gasteiger partial charge in [-0.05, 0) is 84.9 Å². The summed E-state index contributed by atoms with van der Waals surface area (Å²) in [7, 11) is 0. The van der Waals surface area contributed by atoms with Gasteiger partial charge in [0, 0.05) is 75.3 Å². The Kier molecular flexibility index (Phi) is 17.8. The van der Waals surface area contributed by atoms with Crippen molar-refractivity contribution in [3.05, 3.63) is 59.2 Å². The minimum Gasteiger partial charge on any atom is -0.381 e. The van der Waals surface area contributed by atoms with E-state index in [1.165, 1.54) is 84.9 Å². The summed E-state index contributed by atoms with van der Waals surface area (Å²) in [6.07, 6.45) is 5.11. The first kappa shape index (κ1) is 32.5. The van der Waals surface area contributed by atoms with Crippen LogP contribution in [-0.2, 0) is 9.47 Å². The second-order valence-electron chi connectivity index (χ2n) is 8.89. The monoisotopic (exact) mass is 552 g/mol. The standard InChI is InChI=1S/2C10H15.2C4H8O.Ba/c2*1-6-7(2)9(4)10(5)8(6)3;2*1-2-4-5-3-1;/h2*1-5H3;2*1-4H2;. The average molecular weight is 552 g/mol. The first-order valence-corrected chi connectivity index (χ1v) is 11.7. The summed E-state index contributed by atoms with van der Waals surface area (Å²) in [5, 5.41) is 0. The third-order valence-corrected chi connectivity index (χ3v) is 7.28. The van der Waals surface area contributed by atoms with E-state index in [0.29, 0.717) is 0 Å². The Hall–Kier alpha value is 1.49. The molecule has 0 N–H and O–H groups in total. The Balaban J connectivity index is 0.000000401. The van der Waals surface area contributed by atoms with E-state index < -0.39 is 0 Å². The Morgan fingerprint density at radius 1 is 0.323 bits per heavy atom. The number of hydrogen-bond acceptors (Lipinski definition) is 2. The molecule has 4 fully saturated rings. The van der Waals surface area contributed by atoms with Gasteiger partial charge < -0.3 is 9.47 Å². The zero-order chi connectivity index (χ0) is 22.8. The number of rotatable bonds is 0. The number of hydrogen-bond donors (Lipinski definition) is 0. The summed E-state index contributed by atoms with van der Waals surface area (Å²) in [4.78, 5) is 0. The first-order chi connectivity index (χ1) is 14.1. The number of ether oxygens (including phenoxy) is 2. The summed E-state index contributed by atoms with van der Waals surface area (Å²) in [5.41, 5.74) is 0. The minimum atomic E-state index is 0. The van der Waals surface area contributed by atoms with Gasteiger partial charge in [-0.25, -0.2) is 0 Å². The molecule has 172 valence electrons. The van der Waals surface area contributed by atoms with Crippen molar-refractivity contribution in [1.82, 2.24) is 0 Å². The molecular formula is C28H46BaO2. The topological polar surface area (TPSA) is 18.5 Å². The molecule has 12 radical (unpaired) electrons. The zero-order valence-corrected chi connectivity index (χ0v) is 26.6. The smallest absolute Gasteiger partial charge is 0.0466 e. The van der Waals surface area contributed by atoms with Gasteiger partial charge in [-0.2, -0.15) is 0 Å². The molecule has 4 aliphatic rings. The van der Waals surface area contributed by atoms with Crippen LogP contribution in [0.4, 0.5) is 0 Å². The van der Waals surface area contributed by atoms with Crippen LogP contribution in [-0.4, -0.2) is 75.3 Å². The van der Waals surface area contributed by atoms with E-state index in [4.69, 9.17) is 9.47 Å². The molecule has 0 aromatic carbocycles. The van der Waals surface area contributed by atoms with E-state index in [2.05, 4.69) is 69.2 Å². The molecule has 2 saturated heterocycles. The predicted octanol–water partition coefficient (Wildman–Crippen LogP) is 7.16. The Morgan fingerprint density at radius 3 is 0.516 bits per heavy atom. The maximum Gasteiger partial charge on any atom is 0.0466 e. The van der Waals surface area contributed by atoms with Crippen LogP contribution < -0.4 is 0 Å². The van der Waals surface area contributed by atoms with Crippen molar-refractivity contribution >= 4 is 48.9 Å². The molecule has 0 bridgehead atoms. The molecule has 0 unspecified atom stereocenters. The van der Waals surface area contributed by atoms with Crippen molar-refractivity contribution in [3.63, 3.8) is 0 Å². The molecular weight excluding hydrogens is 506 g/mol. The molecule has 4 rings (SSSR count). The van der Waals surface area contributed by atoms with Gasteiger partial charge in [0.1, 0.15) is 0 Å². The zero-order valence-electron chi connectivity index (χ0n) is 22.2. The van der Waals surface area contributed by atoms with Crippen LogP contribution in [0.5, 0.6) is 0 Å². The Bertz CT molecular complexity index is 290. The second kappa shape index (κ2) is 17.0. The maximum atomic E-state index is 4.94. The van der Waals surface area contributed by atoms with Crippen molar-refractivity contribution in [2.24, 2.45) is 0 Å². The van der Waals surface area contributed by atoms with Crippen LogP contribution in [0.1, 0.15) is 94.9 Å². The molecule has 0 atom stereocenters. The first-order valence-electron chi connectivity index (χ1n) is 11.7. The van der Waals surface area contributed by atoms with Gasteiger partial charge in [-0.15, -0.1) is 0 Å². The summed E-state index contributed by atoms with van der Waals surface area (Å²) in [5.74, 6) is 14.7. The summed E-state index contributed by atoms with van der Waals surface area (Å²) in [6, 6.07) is 0. The molecule has 2 nitrogen and oxygen atoms in total. The average Bonchev–Trinajstić information content (AvgIpc) is 3.56. The fourth-order valence-electron chi connectivity index (χ4n) is 3.83. The third kappa shape index (κ3) is 10.3. The molecule has 0 aromatic heterocycles. The fraction of sp³-hybridized carbons (Fsp3) is 0.643. The van der Waals surface area contributed by atoms with Crippen molar-refractivity contribution in [2.45, 2.75) is 94.9 Å². The maximum absolute atomic E-state index is 4.94. The van der Waals surface area contributed by atoms with Gasteiger partial charge in [-0.1, -0.05) is 69.2 Å². The van der Waals surface area contributed by atoms with Crippen LogP contribution >= 0.6 is 0 Å². The van der Waals surface area contributed by atoms with Crippen LogP contribution in [0.25, 0.3) is 0 Å². The van der Waals surface area contributed by atoms with Crippen molar-refractivity contribution in [3.8, 4) is 0 Å². The summed E-state index contributed by atoms with van der Waals surface area (Å²) in [6.45, 7) is 26.0. The molecule has 2 saturated carbocycles. The third-order valence-electron chi connectivity index (χ3n) is 7.28. The van der Waals surface area contributed by atoms with Crippen molar-refractivity contribution in [1.29, 1.82) is 0 Å². The largest absolute Gasteiger partial charge is 0.381 e. The predicted molar refractivity (Wildman–Crippen MR) is 135 cm³/mol. The summed E-state index contributed by atoms with van der Waals surface area (Å²) >= 11 is 0. The molecule has 0 spiro atoms. The van der Waals surface area contributed by atoms with Crippen LogP contribution in [0.3, 0.4) is 0 Å². The van der Waals surface area contributed by atoms with E-state index >= 15 is 0 Å². The molecule has 31 heavy (non-hydrogen) atoms. The van der Waals surface area contributed by atoms with Crippen molar-refractivity contribution in [2.75, 3.05) is 26.4 Å². The Labute approximate surface area is 236 Å². The molecule has 2 aliphatic carbocycles. The van der Waals surface area contributed by atoms with Gasteiger partial charge in [0.05, 0.1) is 0 Å². The Morgan fingerprint density at radius 2 is 0.452 bits per heavy atom. The summed E-state index contributed by atoms with van der Waals surface area (Å²) < 4.78 is 9.89. The quantitative estimate of drug-likeness (QED) is 0.298. The van der Waals surface area contributed by atoms with Gasteiger partial charge in [0.2, 0.25) is 0 Å². The van der Waals surface area contributed by atoms with E-state index in [0.717, 1.165) is 26.4 Å². The van der Waals surface area contributed by atoms with Gasteiger partial charge >= 0.3 is 0 Å². The fourth-order valence-corrected chi connectivity index (χ4v) is 3.83. The normalized spacial score (nSPS) is 26.1. The molecule has 0 aromatic rings. The SMILES string of the molecule is C1CCOC1.C1CCOC1.C[C]1[C](C)[C](C)[C](C)[C]1C.C[C]1[C](C)[C](C)[C](C)[C]1C.[Ba]. The molecule has 3 heteroatoms. The molecule has 0 amide bonds. The van der Waals surface area contributed by atoms with Gasteiger partial charge in [0.15, 0.2) is 0 Å². The van der Waals surface area contributed by atoms with Crippen LogP contribution in [0, 0.1) is 59.2 Å². The molecule has 2 aliphatic heterocycles. The van der Waals surface area contributed by atoms with Gasteiger partial charge in [0.25, 0.3) is 0 Å². The van der Waals surface area contributed by atoms with Gasteiger partial charge in [-0.3, -0.25) is 0 Å².